The summed E-state index contributed by atoms with van der Waals surface area (Å²) in [5.41, 5.74) is 5.19. The van der Waals surface area contributed by atoms with Gasteiger partial charge in [0.1, 0.15) is 11.5 Å². The number of carbonyl (C=O) groups excluding carboxylic acids is 1. The first-order valence-corrected chi connectivity index (χ1v) is 6.25. The molecule has 0 saturated carbocycles. The Balaban J connectivity index is 3.02. The summed E-state index contributed by atoms with van der Waals surface area (Å²) in [5, 5.41) is 0. The van der Waals surface area contributed by atoms with Gasteiger partial charge in [-0.1, -0.05) is 12.1 Å². The number of hydrogen-bond acceptors (Lipinski definition) is 5. The number of esters is 1. The highest BCUT2D eigenvalue weighted by Crippen LogP contribution is 2.15. The molecule has 0 radical (unpaired) electrons. The van der Waals surface area contributed by atoms with Crippen LogP contribution in [0, 0.1) is 0 Å². The first kappa shape index (κ1) is 13.6. The van der Waals surface area contributed by atoms with Gasteiger partial charge in [-0.15, -0.1) is 0 Å². The van der Waals surface area contributed by atoms with Crippen molar-refractivity contribution >= 4 is 16.1 Å². The molecule has 0 aliphatic carbocycles. The highest BCUT2D eigenvalue weighted by atomic mass is 32.2. The van der Waals surface area contributed by atoms with Crippen LogP contribution < -0.4 is 5.73 Å². The Bertz CT molecular complexity index is 509. The summed E-state index contributed by atoms with van der Waals surface area (Å²) < 4.78 is 35.8. The number of ether oxygens (including phenoxy) is 1. The van der Waals surface area contributed by atoms with Crippen LogP contribution in [0.5, 0.6) is 0 Å². The van der Waals surface area contributed by atoms with Crippen LogP contribution in [0.2, 0.25) is 0 Å². The van der Waals surface area contributed by atoms with Gasteiger partial charge < -0.3 is 10.5 Å². The summed E-state index contributed by atoms with van der Waals surface area (Å²) in [4.78, 5) is 11.1. The Morgan fingerprint density at radius 1 is 1.47 bits per heavy atom. The van der Waals surface area contributed by atoms with Gasteiger partial charge in [0, 0.05) is 6.04 Å². The number of benzene rings is 1. The van der Waals surface area contributed by atoms with Gasteiger partial charge in [-0.3, -0.25) is 4.55 Å². The molecule has 0 aromatic heterocycles. The maximum Gasteiger partial charge on any atom is 0.339 e. The van der Waals surface area contributed by atoms with Crippen molar-refractivity contribution in [1.29, 1.82) is 0 Å². The van der Waals surface area contributed by atoms with Gasteiger partial charge in [0.25, 0.3) is 10.1 Å². The Kier molecular flexibility index (Phi) is 4.22. The lowest BCUT2D eigenvalue weighted by Gasteiger charge is -2.09. The maximum atomic E-state index is 11.6. The maximum absolute atomic E-state index is 11.6. The van der Waals surface area contributed by atoms with Gasteiger partial charge in [-0.2, -0.15) is 8.42 Å². The van der Waals surface area contributed by atoms with Crippen molar-refractivity contribution in [2.45, 2.75) is 17.9 Å². The molecular weight excluding hydrogens is 246 g/mol. The molecule has 0 aliphatic heterocycles. The fourth-order valence-corrected chi connectivity index (χ4v) is 1.82. The number of rotatable bonds is 4. The van der Waals surface area contributed by atoms with Crippen molar-refractivity contribution in [3.05, 3.63) is 29.8 Å². The minimum Gasteiger partial charge on any atom is -0.460 e. The summed E-state index contributed by atoms with van der Waals surface area (Å²) in [7, 11) is -4.45. The Labute approximate surface area is 99.1 Å². The predicted octanol–water partition coefficient (Wildman–Crippen LogP) is 0.437. The summed E-state index contributed by atoms with van der Waals surface area (Å²) in [5.74, 6) is -0.837. The third kappa shape index (κ3) is 3.81. The fourth-order valence-electron chi connectivity index (χ4n) is 1.15. The van der Waals surface area contributed by atoms with Crippen LogP contribution in [0.4, 0.5) is 0 Å². The number of nitrogens with two attached hydrogens (primary N) is 1. The van der Waals surface area contributed by atoms with E-state index in [1.165, 1.54) is 18.2 Å². The molecule has 0 unspecified atom stereocenters. The quantitative estimate of drug-likeness (QED) is 0.600. The van der Waals surface area contributed by atoms with E-state index in [2.05, 4.69) is 0 Å². The van der Waals surface area contributed by atoms with Crippen LogP contribution in [0.15, 0.2) is 29.2 Å². The molecule has 94 valence electrons. The second kappa shape index (κ2) is 5.26. The summed E-state index contributed by atoms with van der Waals surface area (Å²) >= 11 is 0. The Morgan fingerprint density at radius 2 is 2.06 bits per heavy atom. The molecule has 0 amide bonds. The summed E-state index contributed by atoms with van der Waals surface area (Å²) in [6, 6.07) is 4.89. The molecule has 0 bridgehead atoms. The van der Waals surface area contributed by atoms with Gasteiger partial charge in [0.2, 0.25) is 0 Å². The third-order valence-electron chi connectivity index (χ3n) is 1.86. The average Bonchev–Trinajstić information content (AvgIpc) is 2.24. The van der Waals surface area contributed by atoms with Crippen LogP contribution in [0.1, 0.15) is 17.3 Å². The number of hydrogen-bond donors (Lipinski definition) is 2. The van der Waals surface area contributed by atoms with E-state index in [9.17, 15) is 13.2 Å². The summed E-state index contributed by atoms with van der Waals surface area (Å²) in [6.45, 7) is 1.61. The lowest BCUT2D eigenvalue weighted by Crippen LogP contribution is -2.24. The van der Waals surface area contributed by atoms with Crippen molar-refractivity contribution in [1.82, 2.24) is 0 Å². The van der Waals surface area contributed by atoms with E-state index >= 15 is 0 Å². The van der Waals surface area contributed by atoms with Crippen molar-refractivity contribution in [2.75, 3.05) is 6.61 Å². The molecule has 7 heteroatoms. The van der Waals surface area contributed by atoms with E-state index < -0.39 is 21.0 Å². The van der Waals surface area contributed by atoms with Gasteiger partial charge >= 0.3 is 5.97 Å². The van der Waals surface area contributed by atoms with Crippen molar-refractivity contribution < 1.29 is 22.5 Å². The third-order valence-corrected chi connectivity index (χ3v) is 2.77. The molecule has 0 heterocycles. The van der Waals surface area contributed by atoms with Crippen molar-refractivity contribution in [3.63, 3.8) is 0 Å². The van der Waals surface area contributed by atoms with E-state index in [1.807, 2.05) is 0 Å². The first-order valence-electron chi connectivity index (χ1n) is 4.81. The molecule has 17 heavy (non-hydrogen) atoms. The SMILES string of the molecule is C[C@H](N)COC(=O)c1ccccc1S(=O)(=O)O. The van der Waals surface area contributed by atoms with E-state index in [0.717, 1.165) is 6.07 Å². The Hall–Kier alpha value is -1.44. The molecule has 1 aromatic rings. The lowest BCUT2D eigenvalue weighted by molar-refractivity contribution is 0.0482. The smallest absolute Gasteiger partial charge is 0.339 e. The monoisotopic (exact) mass is 259 g/mol. The van der Waals surface area contributed by atoms with E-state index in [0.29, 0.717) is 0 Å². The van der Waals surface area contributed by atoms with Crippen LogP contribution in [0.25, 0.3) is 0 Å². The van der Waals surface area contributed by atoms with Crippen molar-refractivity contribution in [2.24, 2.45) is 5.73 Å². The molecule has 1 atom stereocenters. The van der Waals surface area contributed by atoms with Crippen LogP contribution in [-0.2, 0) is 14.9 Å². The molecule has 0 spiro atoms. The average molecular weight is 259 g/mol. The van der Waals surface area contributed by atoms with Crippen LogP contribution >= 0.6 is 0 Å². The standard InChI is InChI=1S/C10H13NO5S/c1-7(11)6-16-10(12)8-4-2-3-5-9(8)17(13,14)15/h2-5,7H,6,11H2,1H3,(H,13,14,15)/t7-/m0/s1. The molecule has 0 fully saturated rings. The minimum absolute atomic E-state index is 0.0291. The van der Waals surface area contributed by atoms with Crippen molar-refractivity contribution in [3.8, 4) is 0 Å². The second-order valence-corrected chi connectivity index (χ2v) is 4.94. The zero-order valence-corrected chi connectivity index (χ0v) is 9.98. The van der Waals surface area contributed by atoms with E-state index in [-0.39, 0.29) is 18.2 Å². The van der Waals surface area contributed by atoms with Gasteiger partial charge in [0.05, 0.1) is 5.56 Å². The fraction of sp³-hybridized carbons (Fsp3) is 0.300. The molecule has 3 N–H and O–H groups in total. The van der Waals surface area contributed by atoms with Crippen LogP contribution in [0.3, 0.4) is 0 Å². The molecule has 0 aliphatic rings. The minimum atomic E-state index is -4.45. The van der Waals surface area contributed by atoms with E-state index in [1.54, 1.807) is 6.92 Å². The van der Waals surface area contributed by atoms with Gasteiger partial charge in [0.15, 0.2) is 0 Å². The molecule has 6 nitrogen and oxygen atoms in total. The highest BCUT2D eigenvalue weighted by Gasteiger charge is 2.20. The molecule has 1 rings (SSSR count). The zero-order chi connectivity index (χ0) is 13.1. The van der Waals surface area contributed by atoms with Crippen LogP contribution in [-0.4, -0.2) is 31.6 Å². The van der Waals surface area contributed by atoms with E-state index in [4.69, 9.17) is 15.0 Å². The second-order valence-electron chi connectivity index (χ2n) is 3.55. The van der Waals surface area contributed by atoms with Gasteiger partial charge in [-0.05, 0) is 19.1 Å². The number of carbonyl (C=O) groups is 1. The Morgan fingerprint density at radius 3 is 2.59 bits per heavy atom. The molecular formula is C10H13NO5S. The lowest BCUT2D eigenvalue weighted by atomic mass is 10.2. The zero-order valence-electron chi connectivity index (χ0n) is 9.16. The molecule has 1 aromatic carbocycles. The highest BCUT2D eigenvalue weighted by molar-refractivity contribution is 7.86. The van der Waals surface area contributed by atoms with Gasteiger partial charge in [-0.25, -0.2) is 4.79 Å². The first-order chi connectivity index (χ1) is 7.82. The largest absolute Gasteiger partial charge is 0.460 e. The molecule has 0 saturated heterocycles. The normalized spacial score (nSPS) is 13.1. The topological polar surface area (TPSA) is 107 Å². The summed E-state index contributed by atoms with van der Waals surface area (Å²) in [6.07, 6.45) is 0. The predicted molar refractivity (Wildman–Crippen MR) is 60.2 cm³/mol.